The summed E-state index contributed by atoms with van der Waals surface area (Å²) in [7, 11) is 3.07. The summed E-state index contributed by atoms with van der Waals surface area (Å²) >= 11 is 1.50. The highest BCUT2D eigenvalue weighted by Crippen LogP contribution is 2.47. The molecule has 0 unspecified atom stereocenters. The van der Waals surface area contributed by atoms with Gasteiger partial charge in [0.05, 0.1) is 17.2 Å². The minimum Gasteiger partial charge on any atom is -0.293 e. The van der Waals surface area contributed by atoms with Gasteiger partial charge in [0.2, 0.25) is 0 Å². The fraction of sp³-hybridized carbons (Fsp3) is 0.200. The number of aliphatic imine (C=N–C) groups is 1. The number of rotatable bonds is 1. The first-order valence-electron chi connectivity index (χ1n) is 8.56. The molecule has 1 aliphatic heterocycles. The number of carbonyl (C=O) groups is 1. The van der Waals surface area contributed by atoms with Gasteiger partial charge in [-0.25, -0.2) is 9.79 Å². The number of hydrogen-bond acceptors (Lipinski definition) is 5. The van der Waals surface area contributed by atoms with Gasteiger partial charge in [0.1, 0.15) is 5.82 Å². The first kappa shape index (κ1) is 16.1. The van der Waals surface area contributed by atoms with Crippen molar-refractivity contribution in [3.05, 3.63) is 84.2 Å². The zero-order chi connectivity index (χ0) is 18.9. The second kappa shape index (κ2) is 5.47. The molecule has 0 bridgehead atoms. The Morgan fingerprint density at radius 3 is 2.37 bits per heavy atom. The normalized spacial score (nSPS) is 20.1. The molecule has 6 nitrogen and oxygen atoms in total. The van der Waals surface area contributed by atoms with Crippen LogP contribution in [0.15, 0.2) is 56.4 Å². The highest BCUT2D eigenvalue weighted by molar-refractivity contribution is 7.10. The minimum atomic E-state index is -0.543. The number of hydrogen-bond donors (Lipinski definition) is 0. The highest BCUT2D eigenvalue weighted by atomic mass is 32.1. The van der Waals surface area contributed by atoms with Crippen molar-refractivity contribution in [2.45, 2.75) is 5.92 Å². The van der Waals surface area contributed by atoms with Crippen LogP contribution in [-0.4, -0.2) is 20.6 Å². The van der Waals surface area contributed by atoms with Crippen LogP contribution in [-0.2, 0) is 14.1 Å². The lowest BCUT2D eigenvalue weighted by atomic mass is 9.80. The monoisotopic (exact) mass is 377 g/mol. The molecule has 0 N–H and O–H groups in total. The number of carbonyl (C=O) groups excluding carboxylic acids is 1. The lowest BCUT2D eigenvalue weighted by Crippen LogP contribution is -2.43. The summed E-state index contributed by atoms with van der Waals surface area (Å²) in [6.45, 7) is 0. The second-order valence-electron chi connectivity index (χ2n) is 6.82. The Kier molecular flexibility index (Phi) is 3.27. The first-order valence-corrected chi connectivity index (χ1v) is 9.44. The SMILES string of the molecule is Cn1c2c(c(=O)n(C)c1=O)[C@H](c1cccs1)[C@@H]1C(=O)c3ccccc3C1=N2. The second-order valence-corrected chi connectivity index (χ2v) is 7.80. The first-order chi connectivity index (χ1) is 13.0. The van der Waals surface area contributed by atoms with Crippen molar-refractivity contribution in [1.82, 2.24) is 9.13 Å². The van der Waals surface area contributed by atoms with Gasteiger partial charge in [0.25, 0.3) is 5.56 Å². The molecule has 2 aromatic heterocycles. The molecular weight excluding hydrogens is 362 g/mol. The molecule has 27 heavy (non-hydrogen) atoms. The van der Waals surface area contributed by atoms with Crippen molar-refractivity contribution >= 4 is 28.6 Å². The predicted molar refractivity (Wildman–Crippen MR) is 104 cm³/mol. The summed E-state index contributed by atoms with van der Waals surface area (Å²) in [6, 6.07) is 11.2. The van der Waals surface area contributed by atoms with Crippen LogP contribution in [0.1, 0.15) is 32.3 Å². The Bertz CT molecular complexity index is 1260. The summed E-state index contributed by atoms with van der Waals surface area (Å²) < 4.78 is 2.48. The zero-order valence-electron chi connectivity index (χ0n) is 14.7. The number of aromatic nitrogens is 2. The Balaban J connectivity index is 1.93. The molecule has 7 heteroatoms. The summed E-state index contributed by atoms with van der Waals surface area (Å²) in [5.74, 6) is -0.668. The Labute approximate surface area is 158 Å². The van der Waals surface area contributed by atoms with Crippen molar-refractivity contribution in [2.75, 3.05) is 0 Å². The van der Waals surface area contributed by atoms with Gasteiger partial charge in [0, 0.05) is 36.0 Å². The number of thiophene rings is 1. The summed E-state index contributed by atoms with van der Waals surface area (Å²) in [5, 5.41) is 1.93. The number of Topliss-reactive ketones (excluding diaryl/α,β-unsaturated/α-hetero) is 1. The fourth-order valence-electron chi connectivity index (χ4n) is 4.14. The van der Waals surface area contributed by atoms with E-state index in [9.17, 15) is 14.4 Å². The molecule has 2 atom stereocenters. The molecule has 0 saturated carbocycles. The molecule has 3 aromatic rings. The maximum atomic E-state index is 13.2. The maximum absolute atomic E-state index is 13.2. The van der Waals surface area contributed by atoms with Crippen molar-refractivity contribution in [3.8, 4) is 0 Å². The molecule has 1 aromatic carbocycles. The molecule has 2 aliphatic rings. The molecule has 3 heterocycles. The average molecular weight is 377 g/mol. The lowest BCUT2D eigenvalue weighted by Gasteiger charge is -2.28. The Morgan fingerprint density at radius 2 is 1.67 bits per heavy atom. The number of ketones is 1. The van der Waals surface area contributed by atoms with Crippen LogP contribution < -0.4 is 11.2 Å². The lowest BCUT2D eigenvalue weighted by molar-refractivity contribution is 0.0953. The maximum Gasteiger partial charge on any atom is 0.332 e. The predicted octanol–water partition coefficient (Wildman–Crippen LogP) is 2.22. The van der Waals surface area contributed by atoms with Crippen LogP contribution in [0.3, 0.4) is 0 Å². The smallest absolute Gasteiger partial charge is 0.293 e. The third kappa shape index (κ3) is 2.00. The van der Waals surface area contributed by atoms with E-state index < -0.39 is 23.1 Å². The molecule has 0 saturated heterocycles. The molecule has 5 rings (SSSR count). The van der Waals surface area contributed by atoms with Gasteiger partial charge in [-0.05, 0) is 11.4 Å². The third-order valence-electron chi connectivity index (χ3n) is 5.43. The molecule has 0 fully saturated rings. The van der Waals surface area contributed by atoms with Crippen LogP contribution in [0, 0.1) is 5.92 Å². The van der Waals surface area contributed by atoms with E-state index in [1.54, 1.807) is 13.1 Å². The fourth-order valence-corrected chi connectivity index (χ4v) is 5.01. The summed E-state index contributed by atoms with van der Waals surface area (Å²) in [4.78, 5) is 44.3. The minimum absolute atomic E-state index is 0.0238. The van der Waals surface area contributed by atoms with E-state index in [0.29, 0.717) is 22.7 Å². The van der Waals surface area contributed by atoms with Crippen molar-refractivity contribution in [1.29, 1.82) is 0 Å². The van der Waals surface area contributed by atoms with Gasteiger partial charge in [-0.1, -0.05) is 30.3 Å². The van der Waals surface area contributed by atoms with Crippen molar-refractivity contribution in [3.63, 3.8) is 0 Å². The van der Waals surface area contributed by atoms with E-state index in [0.717, 1.165) is 15.0 Å². The molecule has 0 radical (unpaired) electrons. The molecule has 0 spiro atoms. The number of benzene rings is 1. The van der Waals surface area contributed by atoms with E-state index in [1.807, 2.05) is 35.7 Å². The quantitative estimate of drug-likeness (QED) is 0.653. The molecule has 134 valence electrons. The Morgan fingerprint density at radius 1 is 0.926 bits per heavy atom. The van der Waals surface area contributed by atoms with Crippen LogP contribution >= 0.6 is 11.3 Å². The Hall–Kier alpha value is -3.06. The molecular formula is C20H15N3O3S. The van der Waals surface area contributed by atoms with Gasteiger partial charge in [-0.2, -0.15) is 0 Å². The van der Waals surface area contributed by atoms with E-state index in [-0.39, 0.29) is 5.78 Å². The van der Waals surface area contributed by atoms with Gasteiger partial charge >= 0.3 is 5.69 Å². The standard InChI is InChI=1S/C20H15N3O3S/c1-22-18-15(19(25)23(2)20(22)26)13(12-8-5-9-27-12)14-16(21-18)10-6-3-4-7-11(10)17(14)24/h3-9,13-14H,1-2H3/t13-,14+/m1/s1. The molecule has 1 aliphatic carbocycles. The van der Waals surface area contributed by atoms with E-state index in [4.69, 9.17) is 0 Å². The van der Waals surface area contributed by atoms with E-state index >= 15 is 0 Å². The van der Waals surface area contributed by atoms with Crippen LogP contribution in [0.5, 0.6) is 0 Å². The average Bonchev–Trinajstić information content (AvgIpc) is 3.31. The summed E-state index contributed by atoms with van der Waals surface area (Å²) in [5.41, 5.74) is 1.65. The van der Waals surface area contributed by atoms with Crippen LogP contribution in [0.2, 0.25) is 0 Å². The number of nitrogens with zero attached hydrogens (tertiary/aromatic N) is 3. The largest absolute Gasteiger partial charge is 0.332 e. The van der Waals surface area contributed by atoms with Gasteiger partial charge < -0.3 is 0 Å². The third-order valence-corrected chi connectivity index (χ3v) is 6.39. The molecule has 0 amide bonds. The zero-order valence-corrected chi connectivity index (χ0v) is 15.5. The van der Waals surface area contributed by atoms with Gasteiger partial charge in [0.15, 0.2) is 5.78 Å². The summed E-state index contributed by atoms with van der Waals surface area (Å²) in [6.07, 6.45) is 0. The van der Waals surface area contributed by atoms with Crippen LogP contribution in [0.25, 0.3) is 0 Å². The van der Waals surface area contributed by atoms with Gasteiger partial charge in [-0.15, -0.1) is 11.3 Å². The highest BCUT2D eigenvalue weighted by Gasteiger charge is 2.48. The topological polar surface area (TPSA) is 73.4 Å². The number of fused-ring (bicyclic) bond motifs is 4. The van der Waals surface area contributed by atoms with E-state index in [2.05, 4.69) is 4.99 Å². The van der Waals surface area contributed by atoms with Crippen LogP contribution in [0.4, 0.5) is 5.82 Å². The van der Waals surface area contributed by atoms with E-state index in [1.165, 1.54) is 23.0 Å². The van der Waals surface area contributed by atoms with Crippen molar-refractivity contribution < 1.29 is 4.79 Å². The van der Waals surface area contributed by atoms with Gasteiger partial charge in [-0.3, -0.25) is 18.7 Å². The van der Waals surface area contributed by atoms with Crippen molar-refractivity contribution in [2.24, 2.45) is 25.0 Å².